The first-order chi connectivity index (χ1) is 8.72. The number of methoxy groups -OCH3 is 1. The molecule has 1 saturated heterocycles. The topological polar surface area (TPSA) is 30.5 Å². The summed E-state index contributed by atoms with van der Waals surface area (Å²) in [5.41, 5.74) is 1.39. The Balaban J connectivity index is 1.68. The minimum Gasteiger partial charge on any atom is -0.497 e. The minimum absolute atomic E-state index is 0.0555. The molecule has 0 radical (unpaired) electrons. The van der Waals surface area contributed by atoms with Crippen molar-refractivity contribution >= 4 is 0 Å². The Morgan fingerprint density at radius 2 is 2.11 bits per heavy atom. The summed E-state index contributed by atoms with van der Waals surface area (Å²) in [5.74, 6) is 0.915. The van der Waals surface area contributed by atoms with Gasteiger partial charge in [0.05, 0.1) is 12.7 Å². The van der Waals surface area contributed by atoms with Crippen molar-refractivity contribution in [3.05, 3.63) is 29.8 Å². The lowest BCUT2D eigenvalue weighted by Gasteiger charge is -2.23. The molecule has 1 aliphatic heterocycles. The van der Waals surface area contributed by atoms with Crippen LogP contribution < -0.4 is 10.1 Å². The Kier molecular flexibility index (Phi) is 4.61. The highest BCUT2D eigenvalue weighted by Crippen LogP contribution is 2.23. The lowest BCUT2D eigenvalue weighted by molar-refractivity contribution is 0.0211. The van der Waals surface area contributed by atoms with E-state index in [1.165, 1.54) is 18.4 Å². The van der Waals surface area contributed by atoms with Gasteiger partial charge < -0.3 is 14.8 Å². The molecule has 3 heteroatoms. The van der Waals surface area contributed by atoms with Crippen molar-refractivity contribution in [1.82, 2.24) is 5.32 Å². The fourth-order valence-corrected chi connectivity index (χ4v) is 2.35. The van der Waals surface area contributed by atoms with Crippen LogP contribution in [0, 0.1) is 0 Å². The van der Waals surface area contributed by atoms with Gasteiger partial charge in [-0.25, -0.2) is 0 Å². The molecule has 0 aliphatic carbocycles. The Hall–Kier alpha value is -1.06. The van der Waals surface area contributed by atoms with Crippen molar-refractivity contribution in [2.45, 2.75) is 31.8 Å². The maximum absolute atomic E-state index is 5.74. The van der Waals surface area contributed by atoms with Crippen molar-refractivity contribution in [3.8, 4) is 5.75 Å². The number of rotatable bonds is 6. The van der Waals surface area contributed by atoms with Crippen molar-refractivity contribution in [1.29, 1.82) is 0 Å². The molecular weight excluding hydrogens is 226 g/mol. The molecule has 0 bridgehead atoms. The van der Waals surface area contributed by atoms with Gasteiger partial charge in [-0.2, -0.15) is 0 Å². The molecule has 3 nitrogen and oxygen atoms in total. The maximum atomic E-state index is 5.74. The molecule has 1 heterocycles. The first kappa shape index (κ1) is 13.4. The Bertz CT molecular complexity index is 355. The zero-order valence-corrected chi connectivity index (χ0v) is 11.4. The lowest BCUT2D eigenvalue weighted by atomic mass is 10.0. The normalized spacial score (nSPS) is 23.2. The first-order valence-electron chi connectivity index (χ1n) is 6.69. The van der Waals surface area contributed by atoms with E-state index >= 15 is 0 Å². The van der Waals surface area contributed by atoms with E-state index in [1.807, 2.05) is 12.1 Å². The molecule has 1 unspecified atom stereocenters. The molecule has 0 spiro atoms. The van der Waals surface area contributed by atoms with Crippen LogP contribution in [-0.2, 0) is 11.2 Å². The minimum atomic E-state index is 0.0555. The van der Waals surface area contributed by atoms with Gasteiger partial charge in [-0.3, -0.25) is 0 Å². The molecule has 0 aromatic heterocycles. The van der Waals surface area contributed by atoms with Gasteiger partial charge in [-0.05, 0) is 50.4 Å². The third-order valence-corrected chi connectivity index (χ3v) is 3.55. The second kappa shape index (κ2) is 6.21. The molecule has 100 valence electrons. The lowest BCUT2D eigenvalue weighted by Crippen LogP contribution is -2.37. The van der Waals surface area contributed by atoms with Gasteiger partial charge in [0.25, 0.3) is 0 Å². The number of hydrogen-bond donors (Lipinski definition) is 1. The van der Waals surface area contributed by atoms with Gasteiger partial charge >= 0.3 is 0 Å². The van der Waals surface area contributed by atoms with Crippen molar-refractivity contribution in [2.24, 2.45) is 0 Å². The Labute approximate surface area is 109 Å². The van der Waals surface area contributed by atoms with Crippen molar-refractivity contribution < 1.29 is 9.47 Å². The van der Waals surface area contributed by atoms with Crippen LogP contribution in [-0.4, -0.2) is 32.4 Å². The summed E-state index contributed by atoms with van der Waals surface area (Å²) in [6.45, 7) is 5.05. The maximum Gasteiger partial charge on any atom is 0.118 e. The standard InChI is InChI=1S/C15H23NO2/c1-15(9-3-11-18-15)12-16-10-8-13-4-6-14(17-2)7-5-13/h4-7,16H,3,8-12H2,1-2H3. The van der Waals surface area contributed by atoms with E-state index in [-0.39, 0.29) is 5.60 Å². The molecule has 1 aromatic rings. The van der Waals surface area contributed by atoms with Crippen LogP contribution in [0.5, 0.6) is 5.75 Å². The largest absolute Gasteiger partial charge is 0.497 e. The molecule has 0 saturated carbocycles. The highest BCUT2D eigenvalue weighted by molar-refractivity contribution is 5.27. The number of ether oxygens (including phenoxy) is 2. The van der Waals surface area contributed by atoms with Gasteiger partial charge in [0.2, 0.25) is 0 Å². The molecule has 1 atom stereocenters. The van der Waals surface area contributed by atoms with E-state index in [0.29, 0.717) is 0 Å². The zero-order chi connectivity index (χ0) is 12.8. The third-order valence-electron chi connectivity index (χ3n) is 3.55. The van der Waals surface area contributed by atoms with Gasteiger partial charge in [0.15, 0.2) is 0 Å². The average molecular weight is 249 g/mol. The van der Waals surface area contributed by atoms with Gasteiger partial charge in [-0.1, -0.05) is 12.1 Å². The average Bonchev–Trinajstić information content (AvgIpc) is 2.83. The van der Waals surface area contributed by atoms with E-state index in [2.05, 4.69) is 24.4 Å². The number of nitrogens with one attached hydrogen (secondary N) is 1. The molecule has 1 N–H and O–H groups in total. The quantitative estimate of drug-likeness (QED) is 0.785. The molecule has 1 aliphatic rings. The monoisotopic (exact) mass is 249 g/mol. The van der Waals surface area contributed by atoms with Crippen LogP contribution in [0.15, 0.2) is 24.3 Å². The summed E-state index contributed by atoms with van der Waals surface area (Å²) >= 11 is 0. The smallest absolute Gasteiger partial charge is 0.118 e. The predicted molar refractivity (Wildman–Crippen MR) is 73.2 cm³/mol. The molecule has 1 fully saturated rings. The number of hydrogen-bond acceptors (Lipinski definition) is 3. The first-order valence-corrected chi connectivity index (χ1v) is 6.69. The molecule has 2 rings (SSSR count). The predicted octanol–water partition coefficient (Wildman–Crippen LogP) is 2.40. The van der Waals surface area contributed by atoms with Crippen LogP contribution in [0.4, 0.5) is 0 Å². The van der Waals surface area contributed by atoms with E-state index in [9.17, 15) is 0 Å². The van der Waals surface area contributed by atoms with Crippen LogP contribution >= 0.6 is 0 Å². The van der Waals surface area contributed by atoms with Crippen molar-refractivity contribution in [2.75, 3.05) is 26.8 Å². The van der Waals surface area contributed by atoms with Crippen LogP contribution in [0.2, 0.25) is 0 Å². The number of benzene rings is 1. The highest BCUT2D eigenvalue weighted by atomic mass is 16.5. The van der Waals surface area contributed by atoms with Gasteiger partial charge in [-0.15, -0.1) is 0 Å². The summed E-state index contributed by atoms with van der Waals surface area (Å²) in [7, 11) is 1.69. The highest BCUT2D eigenvalue weighted by Gasteiger charge is 2.28. The molecule has 0 amide bonds. The summed E-state index contributed by atoms with van der Waals surface area (Å²) in [6, 6.07) is 8.26. The second-order valence-corrected chi connectivity index (χ2v) is 5.18. The Morgan fingerprint density at radius 1 is 1.33 bits per heavy atom. The van der Waals surface area contributed by atoms with Gasteiger partial charge in [0, 0.05) is 13.2 Å². The van der Waals surface area contributed by atoms with Crippen molar-refractivity contribution in [3.63, 3.8) is 0 Å². The SMILES string of the molecule is COc1ccc(CCNCC2(C)CCCO2)cc1. The second-order valence-electron chi connectivity index (χ2n) is 5.18. The third kappa shape index (κ3) is 3.72. The zero-order valence-electron chi connectivity index (χ0n) is 11.4. The van der Waals surface area contributed by atoms with Crippen LogP contribution in [0.3, 0.4) is 0 Å². The van der Waals surface area contributed by atoms with E-state index < -0.39 is 0 Å². The molecule has 18 heavy (non-hydrogen) atoms. The summed E-state index contributed by atoms with van der Waals surface area (Å²) in [4.78, 5) is 0. The summed E-state index contributed by atoms with van der Waals surface area (Å²) < 4.78 is 10.9. The summed E-state index contributed by atoms with van der Waals surface area (Å²) in [5, 5.41) is 3.49. The molecule has 1 aromatic carbocycles. The van der Waals surface area contributed by atoms with E-state index in [1.54, 1.807) is 7.11 Å². The fourth-order valence-electron chi connectivity index (χ4n) is 2.35. The van der Waals surface area contributed by atoms with Crippen LogP contribution in [0.25, 0.3) is 0 Å². The van der Waals surface area contributed by atoms with E-state index in [0.717, 1.165) is 31.9 Å². The fraction of sp³-hybridized carbons (Fsp3) is 0.600. The van der Waals surface area contributed by atoms with Crippen LogP contribution in [0.1, 0.15) is 25.3 Å². The molecular formula is C15H23NO2. The Morgan fingerprint density at radius 3 is 2.72 bits per heavy atom. The van der Waals surface area contributed by atoms with Gasteiger partial charge in [0.1, 0.15) is 5.75 Å². The summed E-state index contributed by atoms with van der Waals surface area (Å²) in [6.07, 6.45) is 3.40. The van der Waals surface area contributed by atoms with E-state index in [4.69, 9.17) is 9.47 Å².